The smallest absolute Gasteiger partial charge is 0.321 e. The third kappa shape index (κ3) is 3.98. The predicted molar refractivity (Wildman–Crippen MR) is 110 cm³/mol. The van der Waals surface area contributed by atoms with Crippen molar-refractivity contribution in [1.82, 2.24) is 10.2 Å². The molecule has 0 bridgehead atoms. The second-order valence-electron chi connectivity index (χ2n) is 7.11. The highest BCUT2D eigenvalue weighted by Crippen LogP contribution is 2.32. The van der Waals surface area contributed by atoms with Crippen LogP contribution in [0.25, 0.3) is 0 Å². The van der Waals surface area contributed by atoms with Gasteiger partial charge in [0.05, 0.1) is 6.61 Å². The van der Waals surface area contributed by atoms with E-state index in [-0.39, 0.29) is 6.61 Å². The molecule has 0 spiro atoms. The number of amides is 1. The number of nitrogens with zero attached hydrogens (tertiary/aromatic N) is 2. The number of guanidine groups is 1. The number of ether oxygens (including phenoxy) is 1. The molecule has 2 unspecified atom stereocenters. The molecule has 2 aliphatic rings. The van der Waals surface area contributed by atoms with Gasteiger partial charge in [0.25, 0.3) is 0 Å². The van der Waals surface area contributed by atoms with Gasteiger partial charge in [0.15, 0.2) is 5.92 Å². The number of nitrogens with one attached hydrogen (secondary N) is 1. The Bertz CT molecular complexity index is 975. The van der Waals surface area contributed by atoms with Gasteiger partial charge in [-0.15, -0.1) is 0 Å². The van der Waals surface area contributed by atoms with Gasteiger partial charge in [-0.2, -0.15) is 0 Å². The van der Waals surface area contributed by atoms with Gasteiger partial charge >= 0.3 is 5.97 Å². The lowest BCUT2D eigenvalue weighted by Crippen LogP contribution is -2.53. The number of aliphatic imine (C=N–C) groups is 1. The van der Waals surface area contributed by atoms with Gasteiger partial charge in [0.2, 0.25) is 11.9 Å². The molecule has 7 heteroatoms. The van der Waals surface area contributed by atoms with Crippen molar-refractivity contribution in [3.05, 3.63) is 70.2 Å². The first-order valence-corrected chi connectivity index (χ1v) is 10.1. The lowest BCUT2D eigenvalue weighted by atomic mass is 9.91. The molecule has 0 radical (unpaired) electrons. The SMILES string of the molecule is CCOC(=O)C1C(=O)NC(N2CCc3ccccc3C2)=NC1c1cccc(Cl)c1. The Labute approximate surface area is 174 Å². The highest BCUT2D eigenvalue weighted by molar-refractivity contribution is 6.30. The zero-order valence-corrected chi connectivity index (χ0v) is 16.9. The minimum absolute atomic E-state index is 0.199. The maximum Gasteiger partial charge on any atom is 0.321 e. The highest BCUT2D eigenvalue weighted by Gasteiger charge is 2.42. The summed E-state index contributed by atoms with van der Waals surface area (Å²) in [5, 5.41) is 3.35. The van der Waals surface area contributed by atoms with Crippen molar-refractivity contribution in [2.75, 3.05) is 13.2 Å². The monoisotopic (exact) mass is 411 g/mol. The first-order valence-electron chi connectivity index (χ1n) is 9.69. The van der Waals surface area contributed by atoms with Crippen LogP contribution >= 0.6 is 11.6 Å². The summed E-state index contributed by atoms with van der Waals surface area (Å²) in [7, 11) is 0. The standard InChI is InChI=1S/C22H22ClN3O3/c1-2-29-21(28)18-19(15-8-5-9-17(23)12-15)24-22(25-20(18)27)26-11-10-14-6-3-4-7-16(14)13-26/h3-9,12,18-19H,2,10-11,13H2,1H3,(H,24,25,27). The van der Waals surface area contributed by atoms with E-state index in [4.69, 9.17) is 21.3 Å². The maximum absolute atomic E-state index is 12.9. The summed E-state index contributed by atoms with van der Waals surface area (Å²) in [6.45, 7) is 3.31. The topological polar surface area (TPSA) is 71.0 Å². The molecule has 0 saturated carbocycles. The molecule has 0 aliphatic carbocycles. The molecule has 2 atom stereocenters. The fourth-order valence-electron chi connectivity index (χ4n) is 3.83. The minimum atomic E-state index is -1.05. The summed E-state index contributed by atoms with van der Waals surface area (Å²) in [6, 6.07) is 14.7. The lowest BCUT2D eigenvalue weighted by Gasteiger charge is -2.36. The number of carbonyl (C=O) groups excluding carboxylic acids is 2. The first kappa shape index (κ1) is 19.5. The fraction of sp³-hybridized carbons (Fsp3) is 0.318. The molecular formula is C22H22ClN3O3. The Kier molecular flexibility index (Phi) is 5.53. The molecule has 150 valence electrons. The number of esters is 1. The van der Waals surface area contributed by atoms with Gasteiger partial charge in [-0.05, 0) is 42.2 Å². The molecule has 2 heterocycles. The van der Waals surface area contributed by atoms with E-state index in [1.807, 2.05) is 23.1 Å². The molecule has 4 rings (SSSR count). The number of carbonyl (C=O) groups is 2. The van der Waals surface area contributed by atoms with Crippen LogP contribution < -0.4 is 5.32 Å². The average molecular weight is 412 g/mol. The van der Waals surface area contributed by atoms with Crippen molar-refractivity contribution in [2.24, 2.45) is 10.9 Å². The van der Waals surface area contributed by atoms with Crippen molar-refractivity contribution in [3.8, 4) is 0 Å². The molecule has 0 saturated heterocycles. The van der Waals surface area contributed by atoms with Gasteiger partial charge in [-0.3, -0.25) is 14.9 Å². The Hall–Kier alpha value is -2.86. The van der Waals surface area contributed by atoms with Crippen LogP contribution in [0, 0.1) is 5.92 Å². The van der Waals surface area contributed by atoms with Crippen LogP contribution in [0.2, 0.25) is 5.02 Å². The van der Waals surface area contributed by atoms with Gasteiger partial charge in [0, 0.05) is 18.1 Å². The zero-order chi connectivity index (χ0) is 20.4. The molecule has 2 aromatic rings. The largest absolute Gasteiger partial charge is 0.465 e. The van der Waals surface area contributed by atoms with Crippen molar-refractivity contribution in [1.29, 1.82) is 0 Å². The van der Waals surface area contributed by atoms with Gasteiger partial charge in [0.1, 0.15) is 6.04 Å². The summed E-state index contributed by atoms with van der Waals surface area (Å²) < 4.78 is 5.15. The van der Waals surface area contributed by atoms with Gasteiger partial charge < -0.3 is 9.64 Å². The summed E-state index contributed by atoms with van der Waals surface area (Å²) in [4.78, 5) is 32.3. The van der Waals surface area contributed by atoms with E-state index in [0.29, 0.717) is 23.1 Å². The number of fused-ring (bicyclic) bond motifs is 1. The Balaban J connectivity index is 1.69. The van der Waals surface area contributed by atoms with Crippen LogP contribution in [0.3, 0.4) is 0 Å². The van der Waals surface area contributed by atoms with E-state index in [1.54, 1.807) is 25.1 Å². The van der Waals surface area contributed by atoms with Crippen molar-refractivity contribution >= 4 is 29.4 Å². The Morgan fingerprint density at radius 3 is 2.79 bits per heavy atom. The van der Waals surface area contributed by atoms with Crippen LogP contribution in [0.1, 0.15) is 29.7 Å². The average Bonchev–Trinajstić information content (AvgIpc) is 2.73. The van der Waals surface area contributed by atoms with E-state index < -0.39 is 23.8 Å². The second-order valence-corrected chi connectivity index (χ2v) is 7.55. The normalized spacial score (nSPS) is 21.1. The van der Waals surface area contributed by atoms with Crippen LogP contribution in [-0.4, -0.2) is 35.9 Å². The third-order valence-electron chi connectivity index (χ3n) is 5.26. The van der Waals surface area contributed by atoms with E-state index in [9.17, 15) is 9.59 Å². The van der Waals surface area contributed by atoms with Crippen LogP contribution in [0.15, 0.2) is 53.5 Å². The second kappa shape index (κ2) is 8.25. The molecule has 1 N–H and O–H groups in total. The van der Waals surface area contributed by atoms with Crippen molar-refractivity contribution in [3.63, 3.8) is 0 Å². The molecule has 2 aliphatic heterocycles. The summed E-state index contributed by atoms with van der Waals surface area (Å²) in [6.07, 6.45) is 0.869. The summed E-state index contributed by atoms with van der Waals surface area (Å²) in [5.74, 6) is -1.55. The third-order valence-corrected chi connectivity index (χ3v) is 5.49. The molecule has 0 fully saturated rings. The number of hydrogen-bond acceptors (Lipinski definition) is 5. The summed E-state index contributed by atoms with van der Waals surface area (Å²) >= 11 is 6.15. The molecule has 29 heavy (non-hydrogen) atoms. The van der Waals surface area contributed by atoms with E-state index in [0.717, 1.165) is 13.0 Å². The molecule has 0 aromatic heterocycles. The van der Waals surface area contributed by atoms with Crippen LogP contribution in [0.4, 0.5) is 0 Å². The first-order chi connectivity index (χ1) is 14.1. The molecule has 2 aromatic carbocycles. The number of halogens is 1. The number of benzene rings is 2. The Morgan fingerprint density at radius 1 is 1.24 bits per heavy atom. The lowest BCUT2D eigenvalue weighted by molar-refractivity contribution is -0.153. The van der Waals surface area contributed by atoms with E-state index in [1.165, 1.54) is 11.1 Å². The Morgan fingerprint density at radius 2 is 2.03 bits per heavy atom. The van der Waals surface area contributed by atoms with E-state index in [2.05, 4.69) is 17.4 Å². The predicted octanol–water partition coefficient (Wildman–Crippen LogP) is 3.10. The van der Waals surface area contributed by atoms with Crippen molar-refractivity contribution in [2.45, 2.75) is 25.9 Å². The molecule has 1 amide bonds. The van der Waals surface area contributed by atoms with Crippen molar-refractivity contribution < 1.29 is 14.3 Å². The maximum atomic E-state index is 12.9. The minimum Gasteiger partial charge on any atom is -0.465 e. The zero-order valence-electron chi connectivity index (χ0n) is 16.1. The molecular weight excluding hydrogens is 390 g/mol. The quantitative estimate of drug-likeness (QED) is 0.622. The number of hydrogen-bond donors (Lipinski definition) is 1. The van der Waals surface area contributed by atoms with Crippen LogP contribution in [0.5, 0.6) is 0 Å². The van der Waals surface area contributed by atoms with Gasteiger partial charge in [-0.25, -0.2) is 4.99 Å². The van der Waals surface area contributed by atoms with E-state index >= 15 is 0 Å². The van der Waals surface area contributed by atoms with Gasteiger partial charge in [-0.1, -0.05) is 48.0 Å². The highest BCUT2D eigenvalue weighted by atomic mass is 35.5. The number of rotatable bonds is 3. The van der Waals surface area contributed by atoms with Crippen LogP contribution in [-0.2, 0) is 27.3 Å². The fourth-order valence-corrected chi connectivity index (χ4v) is 4.03. The molecule has 6 nitrogen and oxygen atoms in total. The summed E-state index contributed by atoms with van der Waals surface area (Å²) in [5.41, 5.74) is 3.23.